The highest BCUT2D eigenvalue weighted by molar-refractivity contribution is 7.12. The number of halogens is 2. The van der Waals surface area contributed by atoms with Crippen LogP contribution >= 0.6 is 11.3 Å². The van der Waals surface area contributed by atoms with Crippen molar-refractivity contribution >= 4 is 11.3 Å². The third kappa shape index (κ3) is 2.40. The van der Waals surface area contributed by atoms with E-state index in [-0.39, 0.29) is 4.88 Å². The average Bonchev–Trinajstić information content (AvgIpc) is 2.61. The Hall–Kier alpha value is -0.550. The zero-order valence-corrected chi connectivity index (χ0v) is 10.3. The van der Waals surface area contributed by atoms with Crippen molar-refractivity contribution in [2.24, 2.45) is 0 Å². The molecule has 1 unspecified atom stereocenters. The quantitative estimate of drug-likeness (QED) is 0.867. The number of hydrogen-bond donors (Lipinski definition) is 1. The lowest BCUT2D eigenvalue weighted by Crippen LogP contribution is -2.28. The van der Waals surface area contributed by atoms with Gasteiger partial charge in [0.2, 0.25) is 0 Å². The summed E-state index contributed by atoms with van der Waals surface area (Å²) in [5.41, 5.74) is 0.484. The first kappa shape index (κ1) is 11.9. The lowest BCUT2D eigenvalue weighted by atomic mass is 10.0. The molecule has 90 valence electrons. The van der Waals surface area contributed by atoms with E-state index in [4.69, 9.17) is 0 Å². The zero-order chi connectivity index (χ0) is 11.8. The van der Waals surface area contributed by atoms with Crippen LogP contribution < -0.4 is 5.32 Å². The van der Waals surface area contributed by atoms with Gasteiger partial charge in [-0.05, 0) is 26.3 Å². The molecule has 1 aromatic heterocycles. The van der Waals surface area contributed by atoms with E-state index in [9.17, 15) is 8.78 Å². The van der Waals surface area contributed by atoms with Gasteiger partial charge in [0.15, 0.2) is 0 Å². The third-order valence-electron chi connectivity index (χ3n) is 2.86. The number of hydrogen-bond acceptors (Lipinski definition) is 3. The molecule has 1 saturated heterocycles. The van der Waals surface area contributed by atoms with Gasteiger partial charge in [-0.15, -0.1) is 11.3 Å². The fourth-order valence-electron chi connectivity index (χ4n) is 2.06. The minimum Gasteiger partial charge on any atom is -0.316 e. The van der Waals surface area contributed by atoms with Crippen LogP contribution in [-0.2, 0) is 5.92 Å². The highest BCUT2D eigenvalue weighted by Gasteiger charge is 2.31. The molecule has 0 aliphatic carbocycles. The predicted octanol–water partition coefficient (Wildman–Crippen LogP) is 3.03. The average molecular weight is 246 g/mol. The Morgan fingerprint density at radius 2 is 2.25 bits per heavy atom. The molecule has 1 aromatic rings. The Balaban J connectivity index is 2.23. The standard InChI is InChI=1S/C11H16F2N2S/c1-7-9(11(2,12)13)16-10(15-7)8-4-3-5-14-6-8/h8,14H,3-6H2,1-2H3. The van der Waals surface area contributed by atoms with Gasteiger partial charge in [-0.3, -0.25) is 0 Å². The van der Waals surface area contributed by atoms with Crippen LogP contribution in [0.4, 0.5) is 8.78 Å². The number of nitrogens with one attached hydrogen (secondary N) is 1. The van der Waals surface area contributed by atoms with E-state index in [0.717, 1.165) is 37.9 Å². The van der Waals surface area contributed by atoms with E-state index in [2.05, 4.69) is 10.3 Å². The lowest BCUT2D eigenvalue weighted by Gasteiger charge is -2.20. The zero-order valence-electron chi connectivity index (χ0n) is 9.52. The van der Waals surface area contributed by atoms with Crippen molar-refractivity contribution in [2.75, 3.05) is 13.1 Å². The van der Waals surface area contributed by atoms with Crippen LogP contribution in [0.15, 0.2) is 0 Å². The SMILES string of the molecule is Cc1nc(C2CCCNC2)sc1C(C)(F)F. The Morgan fingerprint density at radius 3 is 2.75 bits per heavy atom. The van der Waals surface area contributed by atoms with E-state index in [1.54, 1.807) is 6.92 Å². The van der Waals surface area contributed by atoms with Gasteiger partial charge >= 0.3 is 0 Å². The molecule has 2 heterocycles. The molecule has 1 aliphatic heterocycles. The van der Waals surface area contributed by atoms with Crippen molar-refractivity contribution in [1.82, 2.24) is 10.3 Å². The summed E-state index contributed by atoms with van der Waals surface area (Å²) in [4.78, 5) is 4.42. The number of thiazole rings is 1. The van der Waals surface area contributed by atoms with Gasteiger partial charge in [-0.25, -0.2) is 13.8 Å². The van der Waals surface area contributed by atoms with Crippen molar-refractivity contribution in [1.29, 1.82) is 0 Å². The molecule has 1 aliphatic rings. The van der Waals surface area contributed by atoms with Crippen LogP contribution in [-0.4, -0.2) is 18.1 Å². The van der Waals surface area contributed by atoms with Crippen molar-refractivity contribution in [3.8, 4) is 0 Å². The van der Waals surface area contributed by atoms with Gasteiger partial charge in [0.05, 0.1) is 15.6 Å². The van der Waals surface area contributed by atoms with Crippen LogP contribution in [0.25, 0.3) is 0 Å². The molecule has 2 nitrogen and oxygen atoms in total. The maximum absolute atomic E-state index is 13.3. The summed E-state index contributed by atoms with van der Waals surface area (Å²) in [6.45, 7) is 4.50. The Bertz CT molecular complexity index is 365. The first-order valence-corrected chi connectivity index (χ1v) is 6.36. The van der Waals surface area contributed by atoms with Gasteiger partial charge in [-0.2, -0.15) is 0 Å². The molecule has 1 atom stereocenters. The summed E-state index contributed by atoms with van der Waals surface area (Å²) < 4.78 is 26.5. The number of piperidine rings is 1. The molecule has 1 fully saturated rings. The second-order valence-electron chi connectivity index (χ2n) is 4.40. The molecule has 1 N–H and O–H groups in total. The number of nitrogens with zero attached hydrogens (tertiary/aromatic N) is 1. The number of rotatable bonds is 2. The summed E-state index contributed by atoms with van der Waals surface area (Å²) in [5.74, 6) is -2.45. The Morgan fingerprint density at radius 1 is 1.50 bits per heavy atom. The number of alkyl halides is 2. The van der Waals surface area contributed by atoms with Crippen LogP contribution in [0.2, 0.25) is 0 Å². The molecule has 0 spiro atoms. The van der Waals surface area contributed by atoms with Gasteiger partial charge < -0.3 is 5.32 Å². The summed E-state index contributed by atoms with van der Waals surface area (Å²) in [6, 6.07) is 0. The molecule has 0 aromatic carbocycles. The highest BCUT2D eigenvalue weighted by Crippen LogP contribution is 2.37. The van der Waals surface area contributed by atoms with Crippen LogP contribution in [0.1, 0.15) is 41.3 Å². The van der Waals surface area contributed by atoms with E-state index in [1.165, 1.54) is 11.3 Å². The van der Waals surface area contributed by atoms with Gasteiger partial charge in [0, 0.05) is 19.4 Å². The molecular weight excluding hydrogens is 230 g/mol. The topological polar surface area (TPSA) is 24.9 Å². The van der Waals surface area contributed by atoms with Crippen LogP contribution in [0.5, 0.6) is 0 Å². The Labute approximate surface area is 98.1 Å². The maximum Gasteiger partial charge on any atom is 0.281 e. The summed E-state index contributed by atoms with van der Waals surface area (Å²) in [7, 11) is 0. The molecule has 16 heavy (non-hydrogen) atoms. The number of aromatic nitrogens is 1. The summed E-state index contributed by atoms with van der Waals surface area (Å²) in [6.07, 6.45) is 2.15. The van der Waals surface area contributed by atoms with Gasteiger partial charge in [0.1, 0.15) is 0 Å². The van der Waals surface area contributed by atoms with Crippen molar-refractivity contribution < 1.29 is 8.78 Å². The van der Waals surface area contributed by atoms with E-state index in [1.807, 2.05) is 0 Å². The fourth-order valence-corrected chi connectivity index (χ4v) is 3.19. The van der Waals surface area contributed by atoms with Crippen molar-refractivity contribution in [2.45, 2.75) is 38.5 Å². The molecule has 2 rings (SSSR count). The smallest absolute Gasteiger partial charge is 0.281 e. The molecule has 0 amide bonds. The molecule has 5 heteroatoms. The van der Waals surface area contributed by atoms with E-state index < -0.39 is 5.92 Å². The minimum absolute atomic E-state index is 0.119. The molecular formula is C11H16F2N2S. The summed E-state index contributed by atoms with van der Waals surface area (Å²) in [5, 5.41) is 4.14. The largest absolute Gasteiger partial charge is 0.316 e. The fraction of sp³-hybridized carbons (Fsp3) is 0.727. The van der Waals surface area contributed by atoms with Crippen LogP contribution in [0, 0.1) is 6.92 Å². The normalized spacial score (nSPS) is 22.4. The van der Waals surface area contributed by atoms with Crippen LogP contribution in [0.3, 0.4) is 0 Å². The van der Waals surface area contributed by atoms with E-state index >= 15 is 0 Å². The molecule has 0 radical (unpaired) electrons. The monoisotopic (exact) mass is 246 g/mol. The first-order valence-electron chi connectivity index (χ1n) is 5.55. The first-order chi connectivity index (χ1) is 7.48. The minimum atomic E-state index is -2.76. The Kier molecular flexibility index (Phi) is 3.26. The van der Waals surface area contributed by atoms with Gasteiger partial charge in [-0.1, -0.05) is 0 Å². The van der Waals surface area contributed by atoms with Gasteiger partial charge in [0.25, 0.3) is 5.92 Å². The summed E-state index contributed by atoms with van der Waals surface area (Å²) >= 11 is 1.17. The van der Waals surface area contributed by atoms with E-state index in [0.29, 0.717) is 11.6 Å². The molecule has 0 saturated carbocycles. The predicted molar refractivity (Wildman–Crippen MR) is 61.3 cm³/mol. The number of aryl methyl sites for hydroxylation is 1. The lowest BCUT2D eigenvalue weighted by molar-refractivity contribution is 0.0206. The second kappa shape index (κ2) is 4.37. The second-order valence-corrected chi connectivity index (χ2v) is 5.43. The highest BCUT2D eigenvalue weighted by atomic mass is 32.1. The maximum atomic E-state index is 13.3. The molecule has 0 bridgehead atoms. The van der Waals surface area contributed by atoms with Crippen molar-refractivity contribution in [3.05, 3.63) is 15.6 Å². The van der Waals surface area contributed by atoms with Crippen molar-refractivity contribution in [3.63, 3.8) is 0 Å². The third-order valence-corrected chi connectivity index (χ3v) is 4.35.